The summed E-state index contributed by atoms with van der Waals surface area (Å²) in [6.45, 7) is 0.869. The molecule has 5 atom stereocenters. The molecule has 14 nitrogen and oxygen atoms in total. The predicted molar refractivity (Wildman–Crippen MR) is 240 cm³/mol. The summed E-state index contributed by atoms with van der Waals surface area (Å²) >= 11 is 14.4. The molecule has 0 spiro atoms. The fourth-order valence-corrected chi connectivity index (χ4v) is 9.15. The van der Waals surface area contributed by atoms with Gasteiger partial charge in [0.2, 0.25) is 11.8 Å². The van der Waals surface area contributed by atoms with E-state index in [1.165, 1.54) is 0 Å². The molecule has 4 aromatic rings. The molecule has 1 unspecified atom stereocenters. The Hall–Kier alpha value is -3.74. The third kappa shape index (κ3) is 12.4. The molecule has 2 aromatic carbocycles. The summed E-state index contributed by atoms with van der Waals surface area (Å²) in [7, 11) is -0.0936. The largest absolute Gasteiger partial charge is 0.395 e. The Kier molecular flexibility index (Phi) is 17.3. The summed E-state index contributed by atoms with van der Waals surface area (Å²) in [5, 5.41) is 41.0. The normalized spacial score (nSPS) is 19.7. The summed E-state index contributed by atoms with van der Waals surface area (Å²) in [6, 6.07) is 17.7. The van der Waals surface area contributed by atoms with Crippen molar-refractivity contribution in [3.05, 3.63) is 70.0 Å². The van der Waals surface area contributed by atoms with Crippen LogP contribution in [-0.2, 0) is 34.4 Å². The highest BCUT2D eigenvalue weighted by Gasteiger charge is 2.34. The van der Waals surface area contributed by atoms with Crippen molar-refractivity contribution in [1.82, 2.24) is 30.4 Å². The molecule has 59 heavy (non-hydrogen) atoms. The standard InChI is InChI=1S/C20H23ClIN4O3PS.C20H23ClN4O3/c21-14-6-5-13-11-18(26(17(13)12-14)9-10-29-31(22)30)20(28)25-16-4-2-1-3-15(16)19(27)24-8-7-23;21-14-6-5-13-11-18(25(9-10-26)17(13)12-14)20(28)24-16-4-2-1-3-15(16)19(27)23-8-7-22/h5-6,11-12,15-16,30H,1-4,8-10H2,(H,24,27)(H,25,28);5-6,11-12,15-16,26H,1-4,8-10H2,(H,23,27)(H,24,28)/t15-,16+,31?;15-,16+/m11/s1/i30T;. The summed E-state index contributed by atoms with van der Waals surface area (Å²) in [6.07, 6.45) is 6.48. The van der Waals surface area contributed by atoms with Gasteiger partial charge in [-0.15, -0.1) is 0 Å². The molecule has 0 bridgehead atoms. The van der Waals surface area contributed by atoms with E-state index in [0.29, 0.717) is 68.2 Å². The molecule has 2 fully saturated rings. The monoisotopic (exact) mass is 996 g/mol. The number of benzene rings is 2. The number of halogens is 3. The van der Waals surface area contributed by atoms with Crippen LogP contribution in [0.25, 0.3) is 21.8 Å². The van der Waals surface area contributed by atoms with Crippen molar-refractivity contribution in [2.24, 2.45) is 11.8 Å². The highest BCUT2D eigenvalue weighted by atomic mass is 127. The molecule has 6 rings (SSSR count). The average molecular weight is 998 g/mol. The van der Waals surface area contributed by atoms with Gasteiger partial charge in [0.15, 0.2) is 0 Å². The van der Waals surface area contributed by atoms with Gasteiger partial charge < -0.3 is 39.7 Å². The zero-order valence-electron chi connectivity index (χ0n) is 33.1. The number of aromatic nitrogens is 2. The van der Waals surface area contributed by atoms with Crippen LogP contribution < -0.4 is 21.3 Å². The number of nitrogens with one attached hydrogen (secondary N) is 4. The molecule has 314 valence electrons. The number of carbonyl (C=O) groups is 4. The molecule has 5 N–H and O–H groups in total. The van der Waals surface area contributed by atoms with Crippen LogP contribution in [0.15, 0.2) is 48.5 Å². The van der Waals surface area contributed by atoms with Crippen LogP contribution in [0.4, 0.5) is 0 Å². The molecule has 0 radical (unpaired) electrons. The summed E-state index contributed by atoms with van der Waals surface area (Å²) < 4.78 is 16.7. The van der Waals surface area contributed by atoms with E-state index >= 15 is 0 Å². The molecule has 2 aromatic heterocycles. The van der Waals surface area contributed by atoms with Crippen LogP contribution in [-0.4, -0.2) is 77.5 Å². The number of amides is 4. The maximum Gasteiger partial charge on any atom is 0.268 e. The van der Waals surface area contributed by atoms with Gasteiger partial charge in [-0.1, -0.05) is 69.0 Å². The van der Waals surface area contributed by atoms with Gasteiger partial charge in [0.05, 0.1) is 48.2 Å². The van der Waals surface area contributed by atoms with E-state index < -0.39 is 7.53 Å². The molecule has 0 aliphatic heterocycles. The Morgan fingerprint density at radius 3 is 1.69 bits per heavy atom. The number of aliphatic hydroxyl groups is 1. The van der Waals surface area contributed by atoms with Crippen LogP contribution >= 0.6 is 52.4 Å². The molecule has 2 aliphatic rings. The highest BCUT2D eigenvalue weighted by molar-refractivity contribution is 14.2. The average Bonchev–Trinajstić information content (AvgIpc) is 3.80. The van der Waals surface area contributed by atoms with Crippen molar-refractivity contribution in [2.45, 2.75) is 76.5 Å². The molecule has 0 saturated heterocycles. The number of aliphatic hydroxyl groups excluding tert-OH is 1. The van der Waals surface area contributed by atoms with Crippen LogP contribution in [0, 0.1) is 34.5 Å². The van der Waals surface area contributed by atoms with Gasteiger partial charge in [0.1, 0.15) is 25.8 Å². The summed E-state index contributed by atoms with van der Waals surface area (Å²) in [5.41, 5.74) is 2.51. The SMILES string of the molecule is N#CCNC(=O)[C@@H]1CCCC[C@@H]1NC(=O)c1cc2ccc(Cl)cc2n1CCO.[3H]P=S(I)OCCn1c(C(=O)N[C@H]2CCCC[C@H]2C(=O)NCC#N)cc2ccc(Cl)cc21. The molecular weight excluding hydrogens is 949 g/mol. The van der Waals surface area contributed by atoms with E-state index in [1.807, 2.05) is 41.0 Å². The minimum atomic E-state index is -0.511. The second kappa shape index (κ2) is 22.7. The number of hydrogen-bond acceptors (Lipinski definition) is 8. The number of nitrogens with zero attached hydrogens (tertiary/aromatic N) is 4. The molecule has 19 heteroatoms. The molecule has 2 saturated carbocycles. The van der Waals surface area contributed by atoms with E-state index in [2.05, 4.69) is 42.5 Å². The van der Waals surface area contributed by atoms with Crippen LogP contribution in [0.5, 0.6) is 0 Å². The van der Waals surface area contributed by atoms with Gasteiger partial charge in [-0.2, -0.15) is 10.5 Å². The zero-order valence-corrected chi connectivity index (χ0v) is 37.5. The number of nitriles is 2. The van der Waals surface area contributed by atoms with Gasteiger partial charge in [0, 0.05) is 74.7 Å². The first-order valence-corrected chi connectivity index (χ1v) is 24.8. The minimum absolute atomic E-state index is 0.0402. The van der Waals surface area contributed by atoms with Gasteiger partial charge in [0.25, 0.3) is 11.8 Å². The van der Waals surface area contributed by atoms with Gasteiger partial charge in [-0.25, -0.2) is 0 Å². The van der Waals surface area contributed by atoms with E-state index in [1.54, 1.807) is 28.8 Å². The van der Waals surface area contributed by atoms with Crippen molar-refractivity contribution in [3.63, 3.8) is 0 Å². The Balaban J connectivity index is 0.000000230. The van der Waals surface area contributed by atoms with Crippen molar-refractivity contribution in [2.75, 3.05) is 26.3 Å². The first-order chi connectivity index (χ1) is 29.0. The third-order valence-corrected chi connectivity index (χ3v) is 12.4. The van der Waals surface area contributed by atoms with Crippen molar-refractivity contribution in [3.8, 4) is 12.1 Å². The van der Waals surface area contributed by atoms with Crippen molar-refractivity contribution >= 4 is 105 Å². The Morgan fingerprint density at radius 1 is 0.797 bits per heavy atom. The molecule has 2 aliphatic carbocycles. The quantitative estimate of drug-likeness (QED) is 0.0543. The van der Waals surface area contributed by atoms with E-state index in [0.717, 1.165) is 47.5 Å². The Morgan fingerprint density at radius 2 is 1.25 bits per heavy atom. The highest BCUT2D eigenvalue weighted by Crippen LogP contribution is 2.29. The summed E-state index contributed by atoms with van der Waals surface area (Å²) in [5.74, 6) is -1.64. The molecule has 4 amide bonds. The zero-order chi connectivity index (χ0) is 43.2. The van der Waals surface area contributed by atoms with E-state index in [9.17, 15) is 24.3 Å². The smallest absolute Gasteiger partial charge is 0.268 e. The number of rotatable bonds is 14. The molecular formula is C40H46Cl2IN8O6PS. The topological polar surface area (TPSA) is 203 Å². The maximum atomic E-state index is 13.3. The van der Waals surface area contributed by atoms with Crippen LogP contribution in [0.3, 0.4) is 0 Å². The number of carbonyl (C=O) groups excluding carboxylic acids is 4. The van der Waals surface area contributed by atoms with E-state index in [4.69, 9.17) is 39.2 Å². The number of fused-ring (bicyclic) bond motifs is 2. The van der Waals surface area contributed by atoms with Crippen LogP contribution in [0.1, 0.15) is 72.3 Å². The summed E-state index contributed by atoms with van der Waals surface area (Å²) in [4.78, 5) is 51.2. The lowest BCUT2D eigenvalue weighted by Gasteiger charge is -2.31. The fraction of sp³-hybridized carbons (Fsp3) is 0.450. The predicted octanol–water partition coefficient (Wildman–Crippen LogP) is 6.40. The van der Waals surface area contributed by atoms with Crippen molar-refractivity contribution < 1.29 is 28.5 Å². The first kappa shape index (κ1) is 44.8. The second-order valence-electron chi connectivity index (χ2n) is 14.2. The minimum Gasteiger partial charge on any atom is -0.395 e. The fourth-order valence-electron chi connectivity index (χ4n) is 7.85. The van der Waals surface area contributed by atoms with Gasteiger partial charge in [-0.3, -0.25) is 19.2 Å². The first-order valence-electron chi connectivity index (χ1n) is 19.7. The Labute approximate surface area is 370 Å². The van der Waals surface area contributed by atoms with Crippen LogP contribution in [0.2, 0.25) is 10.0 Å². The number of hydrogen-bond donors (Lipinski definition) is 5. The van der Waals surface area contributed by atoms with Gasteiger partial charge in [-0.05, 0) is 62.1 Å². The lowest BCUT2D eigenvalue weighted by Crippen LogP contribution is -2.48. The lowest BCUT2D eigenvalue weighted by atomic mass is 9.83. The van der Waals surface area contributed by atoms with Crippen molar-refractivity contribution in [1.29, 1.82) is 11.8 Å². The second-order valence-corrected chi connectivity index (χ2v) is 21.2. The third-order valence-electron chi connectivity index (χ3n) is 10.5. The Bertz CT molecular complexity index is 2320. The maximum absolute atomic E-state index is 13.3. The molecule has 2 heterocycles. The van der Waals surface area contributed by atoms with E-state index in [-0.39, 0.29) is 73.8 Å². The van der Waals surface area contributed by atoms with Gasteiger partial charge >= 0.3 is 0 Å². The lowest BCUT2D eigenvalue weighted by molar-refractivity contribution is -0.127.